The molecule has 0 spiro atoms. The van der Waals surface area contributed by atoms with Gasteiger partial charge in [-0.1, -0.05) is 12.1 Å². The van der Waals surface area contributed by atoms with Crippen LogP contribution in [-0.2, 0) is 9.84 Å². The van der Waals surface area contributed by atoms with E-state index in [1.807, 2.05) is 25.1 Å². The molecule has 0 heterocycles. The molecular weight excluding hydrogens is 284 g/mol. The molecule has 1 aromatic carbocycles. The highest BCUT2D eigenvalue weighted by Gasteiger charge is 2.29. The fourth-order valence-corrected chi connectivity index (χ4v) is 3.09. The second-order valence-electron chi connectivity index (χ2n) is 6.40. The van der Waals surface area contributed by atoms with Crippen LogP contribution in [0.3, 0.4) is 0 Å². The first-order chi connectivity index (χ1) is 9.67. The monoisotopic (exact) mass is 312 g/mol. The van der Waals surface area contributed by atoms with Gasteiger partial charge in [-0.05, 0) is 58.4 Å². The van der Waals surface area contributed by atoms with E-state index in [9.17, 15) is 8.42 Å². The summed E-state index contributed by atoms with van der Waals surface area (Å²) < 4.78 is 23.8. The number of benzene rings is 1. The Morgan fingerprint density at radius 3 is 2.38 bits per heavy atom. The van der Waals surface area contributed by atoms with Gasteiger partial charge in [0.05, 0.1) is 10.5 Å². The van der Waals surface area contributed by atoms with Crippen LogP contribution in [0.5, 0.6) is 0 Å². The number of aryl methyl sites for hydroxylation is 1. The van der Waals surface area contributed by atoms with Gasteiger partial charge >= 0.3 is 0 Å². The van der Waals surface area contributed by atoms with E-state index in [2.05, 4.69) is 11.0 Å². The molecule has 0 atom stereocenters. The smallest absolute Gasteiger partial charge is 0.156 e. The van der Waals surface area contributed by atoms with Crippen molar-refractivity contribution in [1.29, 1.82) is 0 Å². The van der Waals surface area contributed by atoms with Gasteiger partial charge < -0.3 is 10.6 Å². The molecule has 0 radical (unpaired) electrons. The van der Waals surface area contributed by atoms with Crippen molar-refractivity contribution in [2.24, 2.45) is 5.73 Å². The number of anilines is 1. The van der Waals surface area contributed by atoms with Crippen LogP contribution in [0.25, 0.3) is 0 Å². The molecule has 1 rings (SSSR count). The fourth-order valence-electron chi connectivity index (χ4n) is 2.01. The molecular formula is C16H28N2O2S. The lowest BCUT2D eigenvalue weighted by Crippen LogP contribution is -2.37. The summed E-state index contributed by atoms with van der Waals surface area (Å²) >= 11 is 0. The molecule has 5 heteroatoms. The molecule has 0 unspecified atom stereocenters. The molecule has 0 aromatic heterocycles. The number of rotatable bonds is 7. The van der Waals surface area contributed by atoms with Crippen molar-refractivity contribution in [1.82, 2.24) is 0 Å². The van der Waals surface area contributed by atoms with Crippen LogP contribution in [0.4, 0.5) is 5.69 Å². The Morgan fingerprint density at radius 1 is 1.19 bits per heavy atom. The first kappa shape index (κ1) is 18.0. The summed E-state index contributed by atoms with van der Waals surface area (Å²) in [6.07, 6.45) is 0.851. The van der Waals surface area contributed by atoms with Crippen molar-refractivity contribution in [3.63, 3.8) is 0 Å². The van der Waals surface area contributed by atoms with Crippen molar-refractivity contribution in [3.05, 3.63) is 29.8 Å². The predicted octanol–water partition coefficient (Wildman–Crippen LogP) is 2.36. The minimum absolute atomic E-state index is 0.162. The van der Waals surface area contributed by atoms with Gasteiger partial charge in [0.25, 0.3) is 0 Å². The van der Waals surface area contributed by atoms with Gasteiger partial charge in [0.2, 0.25) is 0 Å². The molecule has 1 aromatic rings. The second-order valence-corrected chi connectivity index (χ2v) is 9.26. The van der Waals surface area contributed by atoms with Crippen LogP contribution in [0.2, 0.25) is 0 Å². The van der Waals surface area contributed by atoms with E-state index >= 15 is 0 Å². The lowest BCUT2D eigenvalue weighted by molar-refractivity contribution is 0.558. The average Bonchev–Trinajstić information content (AvgIpc) is 2.37. The molecule has 4 nitrogen and oxygen atoms in total. The minimum atomic E-state index is -3.11. The molecule has 0 saturated heterocycles. The number of nitrogens with two attached hydrogens (primary N) is 1. The maximum absolute atomic E-state index is 12.3. The van der Waals surface area contributed by atoms with Gasteiger partial charge in [0, 0.05) is 18.8 Å². The summed E-state index contributed by atoms with van der Waals surface area (Å²) in [5, 5.41) is 0. The molecule has 0 aliphatic rings. The predicted molar refractivity (Wildman–Crippen MR) is 90.6 cm³/mol. The molecule has 0 fully saturated rings. The van der Waals surface area contributed by atoms with Crippen LogP contribution in [0.1, 0.15) is 32.8 Å². The molecule has 0 saturated carbocycles. The van der Waals surface area contributed by atoms with E-state index in [1.165, 1.54) is 5.56 Å². The number of hydrogen-bond donors (Lipinski definition) is 1. The first-order valence-corrected chi connectivity index (χ1v) is 9.06. The van der Waals surface area contributed by atoms with Gasteiger partial charge in [-0.2, -0.15) is 0 Å². The standard InChI is InChI=1S/C16H28N2O2S/c1-14-7-5-8-15(13-14)18(10-6-9-17)11-12-21(19,20)16(2,3)4/h5,7-8,13H,6,9-12,17H2,1-4H3. The lowest BCUT2D eigenvalue weighted by Gasteiger charge is -2.27. The van der Waals surface area contributed by atoms with Crippen molar-refractivity contribution in [3.8, 4) is 0 Å². The Kier molecular flexibility index (Phi) is 6.23. The molecule has 2 N–H and O–H groups in total. The molecule has 0 bridgehead atoms. The summed E-state index contributed by atoms with van der Waals surface area (Å²) in [4.78, 5) is 2.11. The zero-order valence-electron chi connectivity index (χ0n) is 13.6. The zero-order chi connectivity index (χ0) is 16.1. The quantitative estimate of drug-likeness (QED) is 0.839. The van der Waals surface area contributed by atoms with E-state index in [1.54, 1.807) is 20.8 Å². The fraction of sp³-hybridized carbons (Fsp3) is 0.625. The Morgan fingerprint density at radius 2 is 1.86 bits per heavy atom. The number of sulfone groups is 1. The average molecular weight is 312 g/mol. The highest BCUT2D eigenvalue weighted by atomic mass is 32.2. The Hall–Kier alpha value is -1.07. The zero-order valence-corrected chi connectivity index (χ0v) is 14.4. The maximum atomic E-state index is 12.3. The van der Waals surface area contributed by atoms with E-state index in [0.717, 1.165) is 18.7 Å². The molecule has 0 amide bonds. The summed E-state index contributed by atoms with van der Waals surface area (Å²) in [5.74, 6) is 0.162. The maximum Gasteiger partial charge on any atom is 0.156 e. The minimum Gasteiger partial charge on any atom is -0.370 e. The van der Waals surface area contributed by atoms with Gasteiger partial charge in [-0.25, -0.2) is 8.42 Å². The van der Waals surface area contributed by atoms with Gasteiger partial charge in [-0.3, -0.25) is 0 Å². The van der Waals surface area contributed by atoms with E-state index in [4.69, 9.17) is 5.73 Å². The van der Waals surface area contributed by atoms with E-state index in [-0.39, 0.29) is 5.75 Å². The number of hydrogen-bond acceptors (Lipinski definition) is 4. The van der Waals surface area contributed by atoms with Crippen molar-refractivity contribution >= 4 is 15.5 Å². The third-order valence-electron chi connectivity index (χ3n) is 3.56. The van der Waals surface area contributed by atoms with E-state index < -0.39 is 14.6 Å². The highest BCUT2D eigenvalue weighted by molar-refractivity contribution is 7.92. The molecule has 0 aliphatic carbocycles. The van der Waals surface area contributed by atoms with Crippen LogP contribution in [-0.4, -0.2) is 38.6 Å². The summed E-state index contributed by atoms with van der Waals surface area (Å²) in [5.41, 5.74) is 7.82. The SMILES string of the molecule is Cc1cccc(N(CCCN)CCS(=O)(=O)C(C)(C)C)c1. The second kappa shape index (κ2) is 7.27. The third kappa shape index (κ3) is 5.32. The Bertz CT molecular complexity index is 548. The molecule has 120 valence electrons. The summed E-state index contributed by atoms with van der Waals surface area (Å²) in [7, 11) is -3.11. The van der Waals surface area contributed by atoms with Gasteiger partial charge in [0.15, 0.2) is 9.84 Å². The lowest BCUT2D eigenvalue weighted by atomic mass is 10.2. The third-order valence-corrected chi connectivity index (χ3v) is 6.15. The Balaban J connectivity index is 2.85. The Labute approximate surface area is 129 Å². The topological polar surface area (TPSA) is 63.4 Å². The van der Waals surface area contributed by atoms with Crippen molar-refractivity contribution < 1.29 is 8.42 Å². The number of nitrogens with zero attached hydrogens (tertiary/aromatic N) is 1. The van der Waals surface area contributed by atoms with Crippen LogP contribution < -0.4 is 10.6 Å². The van der Waals surface area contributed by atoms with E-state index in [0.29, 0.717) is 13.1 Å². The van der Waals surface area contributed by atoms with Crippen molar-refractivity contribution in [2.75, 3.05) is 30.3 Å². The summed E-state index contributed by atoms with van der Waals surface area (Å²) in [6.45, 7) is 9.17. The van der Waals surface area contributed by atoms with Crippen LogP contribution in [0, 0.1) is 6.92 Å². The molecule has 21 heavy (non-hydrogen) atoms. The van der Waals surface area contributed by atoms with Crippen LogP contribution >= 0.6 is 0 Å². The van der Waals surface area contributed by atoms with Gasteiger partial charge in [0.1, 0.15) is 0 Å². The normalized spacial score (nSPS) is 12.4. The first-order valence-electron chi connectivity index (χ1n) is 7.41. The largest absolute Gasteiger partial charge is 0.370 e. The highest BCUT2D eigenvalue weighted by Crippen LogP contribution is 2.19. The van der Waals surface area contributed by atoms with Gasteiger partial charge in [-0.15, -0.1) is 0 Å². The molecule has 0 aliphatic heterocycles. The summed E-state index contributed by atoms with van der Waals surface area (Å²) in [6, 6.07) is 8.14. The van der Waals surface area contributed by atoms with Crippen molar-refractivity contribution in [2.45, 2.75) is 38.9 Å². The van der Waals surface area contributed by atoms with Crippen LogP contribution in [0.15, 0.2) is 24.3 Å².